The summed E-state index contributed by atoms with van der Waals surface area (Å²) in [6.45, 7) is 4.32. The number of aryl methyl sites for hydroxylation is 2. The molecule has 0 amide bonds. The topological polar surface area (TPSA) is 71.4 Å². The summed E-state index contributed by atoms with van der Waals surface area (Å²) in [4.78, 5) is 10.2. The van der Waals surface area contributed by atoms with Gasteiger partial charge in [0.05, 0.1) is 22.1 Å². The van der Waals surface area contributed by atoms with Crippen LogP contribution >= 0.6 is 11.3 Å². The summed E-state index contributed by atoms with van der Waals surface area (Å²) in [5.74, 6) is 0.394. The first-order chi connectivity index (χ1) is 9.47. The summed E-state index contributed by atoms with van der Waals surface area (Å²) in [6, 6.07) is 6.84. The molecule has 1 aliphatic rings. The van der Waals surface area contributed by atoms with Gasteiger partial charge in [-0.05, 0) is 26.0 Å². The number of fused-ring (bicyclic) bond motifs is 1. The third kappa shape index (κ3) is 2.23. The molecule has 0 atom stereocenters. The Morgan fingerprint density at radius 2 is 2.05 bits per heavy atom. The smallest absolute Gasteiger partial charge is 0.263 e. The fourth-order valence-electron chi connectivity index (χ4n) is 2.12. The molecule has 1 aliphatic heterocycles. The lowest BCUT2D eigenvalue weighted by atomic mass is 10.2. The third-order valence-corrected chi connectivity index (χ3v) is 5.37. The molecule has 0 saturated carbocycles. The fourth-order valence-corrected chi connectivity index (χ4v) is 4.20. The van der Waals surface area contributed by atoms with E-state index >= 15 is 0 Å². The fraction of sp³-hybridized carbons (Fsp3) is 0.231. The van der Waals surface area contributed by atoms with Gasteiger partial charge in [0.25, 0.3) is 10.0 Å². The minimum atomic E-state index is -3.46. The molecule has 0 radical (unpaired) electrons. The lowest BCUT2D eigenvalue weighted by Crippen LogP contribution is -2.22. The molecule has 0 saturated heterocycles. The average molecular weight is 307 g/mol. The first-order valence-electron chi connectivity index (χ1n) is 6.07. The summed E-state index contributed by atoms with van der Waals surface area (Å²) in [5, 5.41) is 0.991. The predicted molar refractivity (Wildman–Crippen MR) is 78.6 cm³/mol. The molecule has 0 unspecified atom stereocenters. The van der Waals surface area contributed by atoms with Gasteiger partial charge in [0.1, 0.15) is 5.84 Å². The van der Waals surface area contributed by atoms with Gasteiger partial charge in [-0.2, -0.15) is 0 Å². The Balaban J connectivity index is 1.97. The molecule has 0 bridgehead atoms. The highest BCUT2D eigenvalue weighted by molar-refractivity contribution is 7.90. The van der Waals surface area contributed by atoms with Crippen LogP contribution in [0.1, 0.15) is 21.1 Å². The maximum absolute atomic E-state index is 11.9. The molecule has 0 aliphatic carbocycles. The van der Waals surface area contributed by atoms with E-state index in [1.165, 1.54) is 0 Å². The second-order valence-corrected chi connectivity index (χ2v) is 7.56. The van der Waals surface area contributed by atoms with Crippen molar-refractivity contribution in [1.82, 2.24) is 9.71 Å². The highest BCUT2D eigenvalue weighted by Gasteiger charge is 2.30. The number of hydrogen-bond donors (Lipinski definition) is 1. The zero-order valence-corrected chi connectivity index (χ0v) is 12.7. The van der Waals surface area contributed by atoms with Gasteiger partial charge < -0.3 is 0 Å². The molecule has 2 heterocycles. The molecule has 1 aromatic carbocycles. The summed E-state index contributed by atoms with van der Waals surface area (Å²) < 4.78 is 26.4. The van der Waals surface area contributed by atoms with Crippen LogP contribution < -0.4 is 4.72 Å². The Bertz CT molecular complexity index is 807. The molecule has 1 N–H and O–H groups in total. The summed E-state index contributed by atoms with van der Waals surface area (Å²) in [6.07, 6.45) is 0. The molecule has 7 heteroatoms. The number of sulfonamides is 1. The Labute approximate surface area is 121 Å². The van der Waals surface area contributed by atoms with Gasteiger partial charge in [-0.1, -0.05) is 12.1 Å². The largest absolute Gasteiger partial charge is 0.263 e. The number of nitrogens with one attached hydrogen (secondary N) is 1. The molecule has 0 fully saturated rings. The number of hydrogen-bond acceptors (Lipinski definition) is 5. The minimum absolute atomic E-state index is 0.282. The van der Waals surface area contributed by atoms with Crippen LogP contribution in [0.2, 0.25) is 0 Å². The van der Waals surface area contributed by atoms with Gasteiger partial charge in [-0.25, -0.2) is 13.4 Å². The van der Waals surface area contributed by atoms with Crippen molar-refractivity contribution in [2.45, 2.75) is 25.3 Å². The van der Waals surface area contributed by atoms with Crippen LogP contribution in [-0.2, 0) is 16.6 Å². The van der Waals surface area contributed by atoms with Crippen LogP contribution in [0.4, 0.5) is 0 Å². The second kappa shape index (κ2) is 4.68. The Kier molecular flexibility index (Phi) is 3.10. The zero-order valence-electron chi connectivity index (χ0n) is 11.0. The molecular weight excluding hydrogens is 294 g/mol. The summed E-state index contributed by atoms with van der Waals surface area (Å²) >= 11 is 1.62. The maximum atomic E-state index is 11.9. The van der Waals surface area contributed by atoms with E-state index in [-0.39, 0.29) is 4.90 Å². The maximum Gasteiger partial charge on any atom is 0.263 e. The van der Waals surface area contributed by atoms with Crippen LogP contribution in [0, 0.1) is 13.8 Å². The van der Waals surface area contributed by atoms with Gasteiger partial charge in [-0.15, -0.1) is 11.3 Å². The van der Waals surface area contributed by atoms with Crippen molar-refractivity contribution >= 4 is 27.2 Å². The Morgan fingerprint density at radius 1 is 1.30 bits per heavy atom. The van der Waals surface area contributed by atoms with Gasteiger partial charge in [-0.3, -0.25) is 9.71 Å². The van der Waals surface area contributed by atoms with Crippen LogP contribution in [-0.4, -0.2) is 19.2 Å². The second-order valence-electron chi connectivity index (χ2n) is 4.50. The highest BCUT2D eigenvalue weighted by Crippen LogP contribution is 2.23. The molecule has 20 heavy (non-hydrogen) atoms. The van der Waals surface area contributed by atoms with Crippen LogP contribution in [0.3, 0.4) is 0 Å². The quantitative estimate of drug-likeness (QED) is 0.922. The number of aromatic nitrogens is 1. The van der Waals surface area contributed by atoms with E-state index < -0.39 is 10.0 Å². The van der Waals surface area contributed by atoms with Crippen molar-refractivity contribution in [3.05, 3.63) is 45.4 Å². The van der Waals surface area contributed by atoms with E-state index in [1.54, 1.807) is 35.6 Å². The van der Waals surface area contributed by atoms with Crippen LogP contribution in [0.25, 0.3) is 0 Å². The van der Waals surface area contributed by atoms with E-state index in [1.807, 2.05) is 13.8 Å². The average Bonchev–Trinajstić information content (AvgIpc) is 2.85. The highest BCUT2D eigenvalue weighted by atomic mass is 32.2. The van der Waals surface area contributed by atoms with Crippen LogP contribution in [0.5, 0.6) is 0 Å². The van der Waals surface area contributed by atoms with E-state index in [4.69, 9.17) is 0 Å². The monoisotopic (exact) mass is 307 g/mol. The molecule has 0 spiro atoms. The first-order valence-corrected chi connectivity index (χ1v) is 8.37. The van der Waals surface area contributed by atoms with Crippen molar-refractivity contribution in [3.63, 3.8) is 0 Å². The van der Waals surface area contributed by atoms with Gasteiger partial charge in [0.15, 0.2) is 0 Å². The summed E-state index contributed by atoms with van der Waals surface area (Å²) in [5.41, 5.74) is 1.51. The first kappa shape index (κ1) is 13.3. The standard InChI is InChI=1S/C13H13N3O2S2/c1-8-11(15-9(2)19-8)7-14-13-10-5-3-4-6-12(10)20(17,18)16-13/h3-6H,7H2,1-2H3,(H,14,16). The van der Waals surface area contributed by atoms with Crippen molar-refractivity contribution in [2.24, 2.45) is 4.99 Å². The van der Waals surface area contributed by atoms with Crippen molar-refractivity contribution in [2.75, 3.05) is 0 Å². The number of rotatable bonds is 2. The normalized spacial score (nSPS) is 18.0. The van der Waals surface area contributed by atoms with E-state index in [9.17, 15) is 8.42 Å². The number of nitrogens with zero attached hydrogens (tertiary/aromatic N) is 2. The van der Waals surface area contributed by atoms with E-state index in [0.29, 0.717) is 17.9 Å². The van der Waals surface area contributed by atoms with Crippen molar-refractivity contribution in [3.8, 4) is 0 Å². The summed E-state index contributed by atoms with van der Waals surface area (Å²) in [7, 11) is -3.46. The van der Waals surface area contributed by atoms with Crippen LogP contribution in [0.15, 0.2) is 34.2 Å². The molecule has 3 rings (SSSR count). The molecule has 2 aromatic rings. The lowest BCUT2D eigenvalue weighted by Gasteiger charge is -1.98. The number of benzene rings is 1. The number of thiazole rings is 1. The van der Waals surface area contributed by atoms with Gasteiger partial charge in [0, 0.05) is 10.4 Å². The number of amidine groups is 1. The van der Waals surface area contributed by atoms with Crippen molar-refractivity contribution < 1.29 is 8.42 Å². The SMILES string of the molecule is Cc1nc(CN=C2NS(=O)(=O)c3ccccc32)c(C)s1. The number of aliphatic imine (C=N–C) groups is 1. The molecule has 1 aromatic heterocycles. The van der Waals surface area contributed by atoms with E-state index in [2.05, 4.69) is 14.7 Å². The molecule has 5 nitrogen and oxygen atoms in total. The predicted octanol–water partition coefficient (Wildman–Crippen LogP) is 2.00. The van der Waals surface area contributed by atoms with Gasteiger partial charge >= 0.3 is 0 Å². The molecular formula is C13H13N3O2S2. The zero-order chi connectivity index (χ0) is 14.3. The molecule has 104 valence electrons. The Morgan fingerprint density at radius 3 is 2.75 bits per heavy atom. The Hall–Kier alpha value is -1.73. The third-order valence-electron chi connectivity index (χ3n) is 3.05. The lowest BCUT2D eigenvalue weighted by molar-refractivity contribution is 0.595. The minimum Gasteiger partial charge on any atom is -0.263 e. The van der Waals surface area contributed by atoms with Gasteiger partial charge in [0.2, 0.25) is 0 Å². The van der Waals surface area contributed by atoms with Crippen molar-refractivity contribution in [1.29, 1.82) is 0 Å². The van der Waals surface area contributed by atoms with E-state index in [0.717, 1.165) is 15.6 Å².